The molecule has 0 heterocycles. The van der Waals surface area contributed by atoms with Gasteiger partial charge in [-0.3, -0.25) is 0 Å². The van der Waals surface area contributed by atoms with Crippen LogP contribution in [0.4, 0.5) is 8.78 Å². The third-order valence-electron chi connectivity index (χ3n) is 2.51. The first-order valence-corrected chi connectivity index (χ1v) is 5.43. The second-order valence-corrected chi connectivity index (χ2v) is 4.04. The summed E-state index contributed by atoms with van der Waals surface area (Å²) in [7, 11) is 0. The van der Waals surface area contributed by atoms with E-state index in [1.165, 1.54) is 30.3 Å². The van der Waals surface area contributed by atoms with Gasteiger partial charge in [0.25, 0.3) is 0 Å². The Morgan fingerprint density at radius 2 is 1.59 bits per heavy atom. The van der Waals surface area contributed by atoms with Crippen LogP contribution in [0.15, 0.2) is 36.4 Å². The molecule has 0 saturated carbocycles. The molecule has 1 nitrogen and oxygen atoms in total. The highest BCUT2D eigenvalue weighted by Gasteiger charge is 2.10. The van der Waals surface area contributed by atoms with Crippen molar-refractivity contribution in [1.82, 2.24) is 0 Å². The van der Waals surface area contributed by atoms with Gasteiger partial charge in [0.1, 0.15) is 11.6 Å². The van der Waals surface area contributed by atoms with Gasteiger partial charge in [-0.15, -0.1) is 0 Å². The Kier molecular flexibility index (Phi) is 3.41. The lowest BCUT2D eigenvalue weighted by atomic mass is 9.99. The minimum absolute atomic E-state index is 0.167. The molecule has 0 aliphatic rings. The van der Waals surface area contributed by atoms with E-state index < -0.39 is 5.82 Å². The van der Waals surface area contributed by atoms with Gasteiger partial charge in [-0.1, -0.05) is 17.7 Å². The van der Waals surface area contributed by atoms with Gasteiger partial charge in [-0.2, -0.15) is 0 Å². The van der Waals surface area contributed by atoms with Crippen LogP contribution >= 0.6 is 11.6 Å². The van der Waals surface area contributed by atoms with Crippen molar-refractivity contribution in [3.8, 4) is 11.1 Å². The molecular weight excluding hydrogens is 244 g/mol. The van der Waals surface area contributed by atoms with Crippen LogP contribution in [0.25, 0.3) is 11.1 Å². The number of hydrogen-bond acceptors (Lipinski definition) is 1. The normalized spacial score (nSPS) is 10.6. The molecule has 2 N–H and O–H groups in total. The molecule has 0 fully saturated rings. The van der Waals surface area contributed by atoms with Crippen molar-refractivity contribution in [3.05, 3.63) is 58.6 Å². The summed E-state index contributed by atoms with van der Waals surface area (Å²) >= 11 is 6.00. The molecule has 0 aliphatic heterocycles. The fourth-order valence-electron chi connectivity index (χ4n) is 1.70. The van der Waals surface area contributed by atoms with Gasteiger partial charge in [0, 0.05) is 17.1 Å². The lowest BCUT2D eigenvalue weighted by Crippen LogP contribution is -2.00. The van der Waals surface area contributed by atoms with Gasteiger partial charge in [0.15, 0.2) is 0 Å². The maximum atomic E-state index is 13.2. The van der Waals surface area contributed by atoms with Gasteiger partial charge >= 0.3 is 0 Å². The zero-order valence-electron chi connectivity index (χ0n) is 8.88. The Morgan fingerprint density at radius 1 is 0.941 bits per heavy atom. The molecule has 4 heteroatoms. The van der Waals surface area contributed by atoms with Gasteiger partial charge in [0.2, 0.25) is 0 Å². The fraction of sp³-hybridized carbons (Fsp3) is 0.0769. The molecule has 88 valence electrons. The van der Waals surface area contributed by atoms with E-state index >= 15 is 0 Å². The molecule has 2 aromatic carbocycles. The Bertz CT molecular complexity index is 555. The van der Waals surface area contributed by atoms with E-state index in [9.17, 15) is 8.78 Å². The summed E-state index contributed by atoms with van der Waals surface area (Å²) < 4.78 is 26.3. The third kappa shape index (κ3) is 2.46. The van der Waals surface area contributed by atoms with Crippen LogP contribution in [0, 0.1) is 11.6 Å². The monoisotopic (exact) mass is 253 g/mol. The van der Waals surface area contributed by atoms with Gasteiger partial charge in [-0.05, 0) is 41.5 Å². The number of benzene rings is 2. The number of rotatable bonds is 2. The smallest absolute Gasteiger partial charge is 0.123 e. The number of halogens is 3. The van der Waals surface area contributed by atoms with Crippen LogP contribution in [-0.4, -0.2) is 0 Å². The average Bonchev–Trinajstić information content (AvgIpc) is 2.32. The molecular formula is C13H10ClF2N. The van der Waals surface area contributed by atoms with Crippen LogP contribution in [0.1, 0.15) is 5.56 Å². The van der Waals surface area contributed by atoms with E-state index in [4.69, 9.17) is 17.3 Å². The lowest BCUT2D eigenvalue weighted by molar-refractivity contribution is 0.625. The molecule has 2 aromatic rings. The van der Waals surface area contributed by atoms with Crippen molar-refractivity contribution in [1.29, 1.82) is 0 Å². The zero-order valence-corrected chi connectivity index (χ0v) is 9.64. The fourth-order valence-corrected chi connectivity index (χ4v) is 1.92. The standard InChI is InChI=1S/C13H10ClF2N/c14-13-4-2-10(16)6-12(13)11-3-1-9(15)5-8(11)7-17/h1-6H,7,17H2. The van der Waals surface area contributed by atoms with E-state index in [1.807, 2.05) is 0 Å². The van der Waals surface area contributed by atoms with E-state index in [0.717, 1.165) is 0 Å². The van der Waals surface area contributed by atoms with Gasteiger partial charge in [0.05, 0.1) is 0 Å². The molecule has 0 amide bonds. The van der Waals surface area contributed by atoms with E-state index in [1.54, 1.807) is 6.07 Å². The quantitative estimate of drug-likeness (QED) is 0.867. The summed E-state index contributed by atoms with van der Waals surface area (Å²) in [4.78, 5) is 0. The van der Waals surface area contributed by atoms with Crippen LogP contribution in [0.5, 0.6) is 0 Å². The van der Waals surface area contributed by atoms with Crippen LogP contribution < -0.4 is 5.73 Å². The predicted octanol–water partition coefficient (Wildman–Crippen LogP) is 3.74. The first-order chi connectivity index (χ1) is 8.11. The third-order valence-corrected chi connectivity index (χ3v) is 2.84. The summed E-state index contributed by atoms with van der Waals surface area (Å²) in [6.45, 7) is 0.167. The average molecular weight is 254 g/mol. The van der Waals surface area contributed by atoms with Crippen molar-refractivity contribution in [3.63, 3.8) is 0 Å². The summed E-state index contributed by atoms with van der Waals surface area (Å²) in [5, 5.41) is 0.410. The highest BCUT2D eigenvalue weighted by Crippen LogP contribution is 2.31. The second kappa shape index (κ2) is 4.82. The predicted molar refractivity (Wildman–Crippen MR) is 64.7 cm³/mol. The Balaban J connectivity index is 2.63. The highest BCUT2D eigenvalue weighted by atomic mass is 35.5. The van der Waals surface area contributed by atoms with E-state index in [2.05, 4.69) is 0 Å². The van der Waals surface area contributed by atoms with E-state index in [0.29, 0.717) is 21.7 Å². The van der Waals surface area contributed by atoms with Crippen molar-refractivity contribution >= 4 is 11.6 Å². The molecule has 0 aliphatic carbocycles. The van der Waals surface area contributed by atoms with Crippen molar-refractivity contribution < 1.29 is 8.78 Å². The minimum Gasteiger partial charge on any atom is -0.326 e. The number of nitrogens with two attached hydrogens (primary N) is 1. The highest BCUT2D eigenvalue weighted by molar-refractivity contribution is 6.33. The second-order valence-electron chi connectivity index (χ2n) is 3.63. The largest absolute Gasteiger partial charge is 0.326 e. The van der Waals surface area contributed by atoms with Gasteiger partial charge < -0.3 is 5.73 Å². The summed E-state index contributed by atoms with van der Waals surface area (Å²) in [5.74, 6) is -0.765. The molecule has 0 saturated heterocycles. The summed E-state index contributed by atoms with van der Waals surface area (Å²) in [6, 6.07) is 8.24. The first-order valence-electron chi connectivity index (χ1n) is 5.05. The van der Waals surface area contributed by atoms with Crippen molar-refractivity contribution in [2.45, 2.75) is 6.54 Å². The van der Waals surface area contributed by atoms with Crippen LogP contribution in [0.3, 0.4) is 0 Å². The van der Waals surface area contributed by atoms with Crippen molar-refractivity contribution in [2.24, 2.45) is 5.73 Å². The Labute approximate surface area is 103 Å². The lowest BCUT2D eigenvalue weighted by Gasteiger charge is -2.10. The molecule has 0 spiro atoms. The Hall–Kier alpha value is -1.45. The SMILES string of the molecule is NCc1cc(F)ccc1-c1cc(F)ccc1Cl. The molecule has 0 aromatic heterocycles. The maximum absolute atomic E-state index is 13.2. The van der Waals surface area contributed by atoms with Crippen molar-refractivity contribution in [2.75, 3.05) is 0 Å². The molecule has 0 unspecified atom stereocenters. The summed E-state index contributed by atoms with van der Waals surface area (Å²) in [6.07, 6.45) is 0. The number of hydrogen-bond donors (Lipinski definition) is 1. The molecule has 0 bridgehead atoms. The van der Waals surface area contributed by atoms with Crippen LogP contribution in [-0.2, 0) is 6.54 Å². The molecule has 0 radical (unpaired) electrons. The Morgan fingerprint density at radius 3 is 2.29 bits per heavy atom. The van der Waals surface area contributed by atoms with Crippen LogP contribution in [0.2, 0.25) is 5.02 Å². The molecule has 17 heavy (non-hydrogen) atoms. The minimum atomic E-state index is -0.392. The first kappa shape index (κ1) is 12.0. The maximum Gasteiger partial charge on any atom is 0.123 e. The molecule has 0 atom stereocenters. The topological polar surface area (TPSA) is 26.0 Å². The zero-order chi connectivity index (χ0) is 12.4. The summed E-state index contributed by atoms with van der Waals surface area (Å²) in [5.41, 5.74) is 7.31. The van der Waals surface area contributed by atoms with E-state index in [-0.39, 0.29) is 12.4 Å². The van der Waals surface area contributed by atoms with Gasteiger partial charge in [-0.25, -0.2) is 8.78 Å². The molecule has 2 rings (SSSR count).